The average molecular weight is 240 g/mol. The normalized spacial score (nSPS) is 17.6. The first-order valence-corrected chi connectivity index (χ1v) is 6.16. The standard InChI is InChI=1S/C11H20N4O2/c1-9-13-11(17-14-9)15-6-3-10(4-7-15)16-8-2-5-12/h10H,2-8,12H2,1H3. The van der Waals surface area contributed by atoms with Crippen molar-refractivity contribution in [3.63, 3.8) is 0 Å². The summed E-state index contributed by atoms with van der Waals surface area (Å²) in [5.74, 6) is 0.682. The maximum Gasteiger partial charge on any atom is 0.324 e. The molecule has 1 aliphatic rings. The summed E-state index contributed by atoms with van der Waals surface area (Å²) in [7, 11) is 0. The number of hydrogen-bond donors (Lipinski definition) is 1. The van der Waals surface area contributed by atoms with Crippen molar-refractivity contribution in [3.8, 4) is 0 Å². The molecule has 0 spiro atoms. The molecule has 17 heavy (non-hydrogen) atoms. The van der Waals surface area contributed by atoms with Crippen molar-refractivity contribution in [2.45, 2.75) is 32.3 Å². The molecule has 2 heterocycles. The number of aryl methyl sites for hydroxylation is 1. The average Bonchev–Trinajstić information content (AvgIpc) is 2.77. The summed E-state index contributed by atoms with van der Waals surface area (Å²) in [4.78, 5) is 6.34. The summed E-state index contributed by atoms with van der Waals surface area (Å²) in [5, 5.41) is 3.80. The number of nitrogens with two attached hydrogens (primary N) is 1. The van der Waals surface area contributed by atoms with Gasteiger partial charge in [-0.25, -0.2) is 0 Å². The Morgan fingerprint density at radius 2 is 2.24 bits per heavy atom. The summed E-state index contributed by atoms with van der Waals surface area (Å²) in [6.45, 7) is 5.11. The molecule has 2 rings (SSSR count). The largest absolute Gasteiger partial charge is 0.378 e. The second kappa shape index (κ2) is 5.97. The van der Waals surface area contributed by atoms with Crippen molar-refractivity contribution in [2.75, 3.05) is 31.1 Å². The summed E-state index contributed by atoms with van der Waals surface area (Å²) in [6.07, 6.45) is 3.29. The molecule has 1 aromatic heterocycles. The molecule has 0 unspecified atom stereocenters. The van der Waals surface area contributed by atoms with Crippen LogP contribution in [-0.2, 0) is 4.74 Å². The van der Waals surface area contributed by atoms with Gasteiger partial charge in [0.05, 0.1) is 6.10 Å². The van der Waals surface area contributed by atoms with Crippen molar-refractivity contribution < 1.29 is 9.26 Å². The molecule has 2 N–H and O–H groups in total. The predicted molar refractivity (Wildman–Crippen MR) is 63.9 cm³/mol. The lowest BCUT2D eigenvalue weighted by molar-refractivity contribution is 0.0359. The smallest absolute Gasteiger partial charge is 0.324 e. The van der Waals surface area contributed by atoms with Crippen LogP contribution in [0.2, 0.25) is 0 Å². The maximum atomic E-state index is 5.74. The summed E-state index contributed by atoms with van der Waals surface area (Å²) in [6, 6.07) is 0.628. The van der Waals surface area contributed by atoms with E-state index in [1.54, 1.807) is 0 Å². The van der Waals surface area contributed by atoms with Crippen LogP contribution in [0.25, 0.3) is 0 Å². The molecule has 0 atom stereocenters. The Kier molecular flexibility index (Phi) is 4.33. The number of aromatic nitrogens is 2. The third-order valence-corrected chi connectivity index (χ3v) is 2.93. The molecule has 96 valence electrons. The van der Waals surface area contributed by atoms with E-state index in [9.17, 15) is 0 Å². The SMILES string of the molecule is Cc1noc(N2CCC(OCCCN)CC2)n1. The van der Waals surface area contributed by atoms with Crippen LogP contribution in [0.3, 0.4) is 0 Å². The molecule has 0 amide bonds. The molecule has 1 fully saturated rings. The van der Waals surface area contributed by atoms with Gasteiger partial charge in [0.2, 0.25) is 0 Å². The molecule has 0 bridgehead atoms. The fourth-order valence-electron chi connectivity index (χ4n) is 1.96. The molecule has 1 aliphatic heterocycles. The zero-order valence-corrected chi connectivity index (χ0v) is 10.3. The first kappa shape index (κ1) is 12.3. The highest BCUT2D eigenvalue weighted by atomic mass is 16.5. The van der Waals surface area contributed by atoms with Gasteiger partial charge in [-0.2, -0.15) is 4.98 Å². The van der Waals surface area contributed by atoms with Crippen molar-refractivity contribution >= 4 is 6.01 Å². The van der Waals surface area contributed by atoms with Gasteiger partial charge >= 0.3 is 6.01 Å². The van der Waals surface area contributed by atoms with Gasteiger partial charge < -0.3 is 19.9 Å². The van der Waals surface area contributed by atoms with E-state index in [0.29, 0.717) is 24.5 Å². The Balaban J connectivity index is 1.74. The van der Waals surface area contributed by atoms with Crippen LogP contribution in [0.1, 0.15) is 25.1 Å². The molecule has 1 aromatic rings. The number of anilines is 1. The van der Waals surface area contributed by atoms with Crippen molar-refractivity contribution in [2.24, 2.45) is 5.73 Å². The number of rotatable bonds is 5. The van der Waals surface area contributed by atoms with Gasteiger partial charge in [0.25, 0.3) is 0 Å². The van der Waals surface area contributed by atoms with E-state index in [1.165, 1.54) is 0 Å². The third kappa shape index (κ3) is 3.41. The molecule has 0 radical (unpaired) electrons. The van der Waals surface area contributed by atoms with Crippen LogP contribution < -0.4 is 10.6 Å². The Morgan fingerprint density at radius 1 is 1.47 bits per heavy atom. The molecule has 0 aromatic carbocycles. The zero-order chi connectivity index (χ0) is 12.1. The van der Waals surface area contributed by atoms with Crippen LogP contribution in [0.4, 0.5) is 6.01 Å². The minimum atomic E-state index is 0.349. The van der Waals surface area contributed by atoms with E-state index >= 15 is 0 Å². The molecule has 6 heteroatoms. The molecular formula is C11H20N4O2. The quantitative estimate of drug-likeness (QED) is 0.764. The van der Waals surface area contributed by atoms with Crippen molar-refractivity contribution in [1.29, 1.82) is 0 Å². The molecule has 6 nitrogen and oxygen atoms in total. The summed E-state index contributed by atoms with van der Waals surface area (Å²) >= 11 is 0. The van der Waals surface area contributed by atoms with Crippen LogP contribution in [0.5, 0.6) is 0 Å². The fraction of sp³-hybridized carbons (Fsp3) is 0.818. The van der Waals surface area contributed by atoms with E-state index in [2.05, 4.69) is 15.0 Å². The van der Waals surface area contributed by atoms with Gasteiger partial charge in [0.15, 0.2) is 5.82 Å². The number of piperidine rings is 1. The van der Waals surface area contributed by atoms with Crippen molar-refractivity contribution in [1.82, 2.24) is 10.1 Å². The van der Waals surface area contributed by atoms with E-state index < -0.39 is 0 Å². The summed E-state index contributed by atoms with van der Waals surface area (Å²) < 4.78 is 10.9. The molecular weight excluding hydrogens is 220 g/mol. The Bertz CT molecular complexity index is 334. The van der Waals surface area contributed by atoms with Gasteiger partial charge in [0, 0.05) is 19.7 Å². The van der Waals surface area contributed by atoms with Crippen LogP contribution in [-0.4, -0.2) is 42.5 Å². The van der Waals surface area contributed by atoms with Crippen LogP contribution in [0.15, 0.2) is 4.52 Å². The lowest BCUT2D eigenvalue weighted by Crippen LogP contribution is -2.37. The number of ether oxygens (including phenoxy) is 1. The molecule has 0 saturated carbocycles. The third-order valence-electron chi connectivity index (χ3n) is 2.93. The Hall–Kier alpha value is -1.14. The Morgan fingerprint density at radius 3 is 2.82 bits per heavy atom. The fourth-order valence-corrected chi connectivity index (χ4v) is 1.96. The van der Waals surface area contributed by atoms with Gasteiger partial charge in [-0.05, 0) is 32.7 Å². The molecule has 1 saturated heterocycles. The van der Waals surface area contributed by atoms with E-state index in [-0.39, 0.29) is 0 Å². The van der Waals surface area contributed by atoms with E-state index in [0.717, 1.165) is 39.0 Å². The minimum Gasteiger partial charge on any atom is -0.378 e. The predicted octanol–water partition coefficient (Wildman–Crippen LogP) is 0.712. The van der Waals surface area contributed by atoms with Crippen molar-refractivity contribution in [3.05, 3.63) is 5.82 Å². The van der Waals surface area contributed by atoms with E-state index in [1.807, 2.05) is 6.92 Å². The second-order valence-electron chi connectivity index (χ2n) is 4.32. The first-order chi connectivity index (χ1) is 8.29. The molecule has 0 aliphatic carbocycles. The highest BCUT2D eigenvalue weighted by molar-refractivity contribution is 5.25. The van der Waals surface area contributed by atoms with Crippen LogP contribution >= 0.6 is 0 Å². The zero-order valence-electron chi connectivity index (χ0n) is 10.3. The number of nitrogens with zero attached hydrogens (tertiary/aromatic N) is 3. The lowest BCUT2D eigenvalue weighted by Gasteiger charge is -2.30. The minimum absolute atomic E-state index is 0.349. The van der Waals surface area contributed by atoms with Gasteiger partial charge in [0.1, 0.15) is 0 Å². The lowest BCUT2D eigenvalue weighted by atomic mass is 10.1. The topological polar surface area (TPSA) is 77.4 Å². The van der Waals surface area contributed by atoms with Gasteiger partial charge in [-0.1, -0.05) is 5.16 Å². The van der Waals surface area contributed by atoms with Gasteiger partial charge in [-0.15, -0.1) is 0 Å². The number of hydrogen-bond acceptors (Lipinski definition) is 6. The van der Waals surface area contributed by atoms with E-state index in [4.69, 9.17) is 15.0 Å². The van der Waals surface area contributed by atoms with Crippen LogP contribution in [0, 0.1) is 6.92 Å². The Labute approximate surface area is 101 Å². The summed E-state index contributed by atoms with van der Waals surface area (Å²) in [5.41, 5.74) is 5.43. The monoisotopic (exact) mass is 240 g/mol. The highest BCUT2D eigenvalue weighted by Gasteiger charge is 2.22. The highest BCUT2D eigenvalue weighted by Crippen LogP contribution is 2.19. The first-order valence-electron chi connectivity index (χ1n) is 6.16. The maximum absolute atomic E-state index is 5.74. The van der Waals surface area contributed by atoms with Gasteiger partial charge in [-0.3, -0.25) is 0 Å². The second-order valence-corrected chi connectivity index (χ2v) is 4.32.